The van der Waals surface area contributed by atoms with Gasteiger partial charge in [0.1, 0.15) is 12.4 Å². The molecule has 5 heteroatoms. The third kappa shape index (κ3) is 2.44. The minimum absolute atomic E-state index is 0.00507. The molecular formula is C10H13N3O2. The van der Waals surface area contributed by atoms with Crippen molar-refractivity contribution in [3.8, 4) is 0 Å². The summed E-state index contributed by atoms with van der Waals surface area (Å²) < 4.78 is 5.04. The maximum atomic E-state index is 11.4. The predicted octanol–water partition coefficient (Wildman–Crippen LogP) is 0.0226. The molecule has 2 heterocycles. The summed E-state index contributed by atoms with van der Waals surface area (Å²) in [5.74, 6) is 0.485. The van der Waals surface area contributed by atoms with Crippen molar-refractivity contribution >= 4 is 11.7 Å². The Labute approximate surface area is 87.8 Å². The molecule has 1 aromatic rings. The number of rotatable bonds is 2. The summed E-state index contributed by atoms with van der Waals surface area (Å²) in [5.41, 5.74) is 6.37. The van der Waals surface area contributed by atoms with Gasteiger partial charge in [-0.25, -0.2) is 4.98 Å². The van der Waals surface area contributed by atoms with Crippen LogP contribution in [0.5, 0.6) is 0 Å². The highest BCUT2D eigenvalue weighted by Gasteiger charge is 2.18. The number of nitrogens with zero attached hydrogens (tertiary/aromatic N) is 2. The first-order valence-corrected chi connectivity index (χ1v) is 4.82. The first-order chi connectivity index (χ1) is 7.25. The quantitative estimate of drug-likeness (QED) is 0.742. The van der Waals surface area contributed by atoms with E-state index < -0.39 is 0 Å². The number of nitrogens with two attached hydrogens (primary N) is 1. The Bertz CT molecular complexity index is 367. The van der Waals surface area contributed by atoms with Crippen LogP contribution >= 0.6 is 0 Å². The lowest BCUT2D eigenvalue weighted by molar-refractivity contribution is -0.143. The van der Waals surface area contributed by atoms with Gasteiger partial charge in [-0.05, 0) is 12.1 Å². The Morgan fingerprint density at radius 2 is 2.40 bits per heavy atom. The molecule has 1 fully saturated rings. The lowest BCUT2D eigenvalue weighted by Crippen LogP contribution is -2.41. The summed E-state index contributed by atoms with van der Waals surface area (Å²) in [7, 11) is 0. The van der Waals surface area contributed by atoms with Crippen molar-refractivity contribution in [2.24, 2.45) is 0 Å². The highest BCUT2D eigenvalue weighted by molar-refractivity contribution is 5.77. The molecule has 2 rings (SSSR count). The second-order valence-electron chi connectivity index (χ2n) is 3.42. The van der Waals surface area contributed by atoms with Crippen molar-refractivity contribution < 1.29 is 9.53 Å². The molecule has 2 N–H and O–H groups in total. The van der Waals surface area contributed by atoms with Gasteiger partial charge in [0.05, 0.1) is 18.8 Å². The van der Waals surface area contributed by atoms with E-state index in [4.69, 9.17) is 10.5 Å². The van der Waals surface area contributed by atoms with E-state index in [1.165, 1.54) is 0 Å². The number of anilines is 1. The second-order valence-corrected chi connectivity index (χ2v) is 3.42. The lowest BCUT2D eigenvalue weighted by Gasteiger charge is -2.26. The van der Waals surface area contributed by atoms with Crippen molar-refractivity contribution in [1.82, 2.24) is 9.88 Å². The molecular weight excluding hydrogens is 194 g/mol. The smallest absolute Gasteiger partial charge is 0.248 e. The van der Waals surface area contributed by atoms with E-state index >= 15 is 0 Å². The third-order valence-electron chi connectivity index (χ3n) is 2.26. The van der Waals surface area contributed by atoms with E-state index in [0.717, 1.165) is 5.69 Å². The second kappa shape index (κ2) is 4.27. The monoisotopic (exact) mass is 207 g/mol. The summed E-state index contributed by atoms with van der Waals surface area (Å²) in [5, 5.41) is 0. The molecule has 15 heavy (non-hydrogen) atoms. The first-order valence-electron chi connectivity index (χ1n) is 4.82. The molecule has 1 amide bonds. The Balaban J connectivity index is 2.04. The molecule has 5 nitrogen and oxygen atoms in total. The number of carbonyl (C=O) groups excluding carboxylic acids is 1. The van der Waals surface area contributed by atoms with Gasteiger partial charge < -0.3 is 15.4 Å². The van der Waals surface area contributed by atoms with Gasteiger partial charge >= 0.3 is 0 Å². The Hall–Kier alpha value is -1.62. The van der Waals surface area contributed by atoms with E-state index in [1.54, 1.807) is 11.0 Å². The summed E-state index contributed by atoms with van der Waals surface area (Å²) in [6, 6.07) is 5.42. The number of ether oxygens (including phenoxy) is 1. The van der Waals surface area contributed by atoms with Crippen molar-refractivity contribution in [2.45, 2.75) is 6.54 Å². The Morgan fingerprint density at radius 3 is 3.13 bits per heavy atom. The molecule has 80 valence electrons. The van der Waals surface area contributed by atoms with Gasteiger partial charge in [0, 0.05) is 6.54 Å². The fourth-order valence-corrected chi connectivity index (χ4v) is 1.50. The van der Waals surface area contributed by atoms with Crippen LogP contribution < -0.4 is 5.73 Å². The summed E-state index contributed by atoms with van der Waals surface area (Å²) >= 11 is 0. The third-order valence-corrected chi connectivity index (χ3v) is 2.26. The molecule has 0 radical (unpaired) electrons. The van der Waals surface area contributed by atoms with Crippen LogP contribution in [0.15, 0.2) is 18.2 Å². The van der Waals surface area contributed by atoms with Gasteiger partial charge in [0.25, 0.3) is 0 Å². The van der Waals surface area contributed by atoms with E-state index in [1.807, 2.05) is 12.1 Å². The van der Waals surface area contributed by atoms with E-state index in [-0.39, 0.29) is 12.5 Å². The van der Waals surface area contributed by atoms with Gasteiger partial charge in [0.2, 0.25) is 5.91 Å². The van der Waals surface area contributed by atoms with Crippen LogP contribution in [-0.4, -0.2) is 35.5 Å². The molecule has 0 aliphatic carbocycles. The lowest BCUT2D eigenvalue weighted by atomic mass is 10.3. The van der Waals surface area contributed by atoms with E-state index in [9.17, 15) is 4.79 Å². The van der Waals surface area contributed by atoms with Gasteiger partial charge in [-0.3, -0.25) is 4.79 Å². The number of aromatic nitrogens is 1. The van der Waals surface area contributed by atoms with Crippen LogP contribution in [0, 0.1) is 0 Å². The first kappa shape index (κ1) is 9.92. The number of amides is 1. The number of carbonyl (C=O) groups is 1. The minimum Gasteiger partial charge on any atom is -0.384 e. The van der Waals surface area contributed by atoms with Crippen LogP contribution in [0.2, 0.25) is 0 Å². The predicted molar refractivity (Wildman–Crippen MR) is 54.9 cm³/mol. The zero-order chi connectivity index (χ0) is 10.7. The Kier molecular flexibility index (Phi) is 2.82. The summed E-state index contributed by atoms with van der Waals surface area (Å²) in [6.45, 7) is 1.89. The summed E-state index contributed by atoms with van der Waals surface area (Å²) in [6.07, 6.45) is 0. The van der Waals surface area contributed by atoms with Crippen LogP contribution in [-0.2, 0) is 16.1 Å². The molecule has 0 aromatic carbocycles. The normalized spacial score (nSPS) is 16.8. The van der Waals surface area contributed by atoms with Crippen molar-refractivity contribution in [3.05, 3.63) is 23.9 Å². The van der Waals surface area contributed by atoms with Gasteiger partial charge in [-0.15, -0.1) is 0 Å². The van der Waals surface area contributed by atoms with Crippen LogP contribution in [0.1, 0.15) is 5.69 Å². The fraction of sp³-hybridized carbons (Fsp3) is 0.400. The van der Waals surface area contributed by atoms with Crippen LogP contribution in [0.25, 0.3) is 0 Å². The van der Waals surface area contributed by atoms with Crippen molar-refractivity contribution in [1.29, 1.82) is 0 Å². The zero-order valence-electron chi connectivity index (χ0n) is 8.35. The Morgan fingerprint density at radius 1 is 1.53 bits per heavy atom. The van der Waals surface area contributed by atoms with E-state index in [0.29, 0.717) is 25.5 Å². The molecule has 1 saturated heterocycles. The number of pyridine rings is 1. The molecule has 1 aromatic heterocycles. The average Bonchev–Trinajstić information content (AvgIpc) is 2.22. The molecule has 0 atom stereocenters. The summed E-state index contributed by atoms with van der Waals surface area (Å²) in [4.78, 5) is 17.3. The molecule has 0 bridgehead atoms. The van der Waals surface area contributed by atoms with Crippen LogP contribution in [0.4, 0.5) is 5.82 Å². The van der Waals surface area contributed by atoms with E-state index in [2.05, 4.69) is 4.98 Å². The molecule has 0 spiro atoms. The SMILES string of the molecule is Nc1cccc(CN2CCOCC2=O)n1. The standard InChI is InChI=1S/C10H13N3O2/c11-9-3-1-2-8(12-9)6-13-4-5-15-7-10(13)14/h1-3H,4-7H2,(H2,11,12). The molecule has 1 aliphatic heterocycles. The van der Waals surface area contributed by atoms with Gasteiger partial charge in [-0.2, -0.15) is 0 Å². The number of morpholine rings is 1. The number of nitrogen functional groups attached to an aromatic ring is 1. The topological polar surface area (TPSA) is 68.4 Å². The number of hydrogen-bond donors (Lipinski definition) is 1. The molecule has 0 saturated carbocycles. The van der Waals surface area contributed by atoms with Crippen molar-refractivity contribution in [2.75, 3.05) is 25.5 Å². The minimum atomic E-state index is 0.00507. The fourth-order valence-electron chi connectivity index (χ4n) is 1.50. The maximum Gasteiger partial charge on any atom is 0.248 e. The highest BCUT2D eigenvalue weighted by atomic mass is 16.5. The van der Waals surface area contributed by atoms with Crippen molar-refractivity contribution in [3.63, 3.8) is 0 Å². The van der Waals surface area contributed by atoms with Gasteiger partial charge in [0.15, 0.2) is 0 Å². The van der Waals surface area contributed by atoms with Gasteiger partial charge in [-0.1, -0.05) is 6.07 Å². The molecule has 1 aliphatic rings. The zero-order valence-corrected chi connectivity index (χ0v) is 8.35. The molecule has 0 unspecified atom stereocenters. The maximum absolute atomic E-state index is 11.4. The largest absolute Gasteiger partial charge is 0.384 e. The van der Waals surface area contributed by atoms with Crippen LogP contribution in [0.3, 0.4) is 0 Å². The highest BCUT2D eigenvalue weighted by Crippen LogP contribution is 2.07. The number of hydrogen-bond acceptors (Lipinski definition) is 4. The average molecular weight is 207 g/mol.